The highest BCUT2D eigenvalue weighted by Crippen LogP contribution is 2.15. The summed E-state index contributed by atoms with van der Waals surface area (Å²) in [5.41, 5.74) is 0.283. The molecular weight excluding hydrogens is 268 g/mol. The number of aromatic amines is 1. The lowest BCUT2D eigenvalue weighted by atomic mass is 10.4. The van der Waals surface area contributed by atoms with Crippen molar-refractivity contribution in [2.24, 2.45) is 0 Å². The molecule has 1 rings (SSSR count). The number of hydrogen-bond acceptors (Lipinski definition) is 6. The summed E-state index contributed by atoms with van der Waals surface area (Å²) in [6, 6.07) is 0. The standard InChI is InChI=1S/C8H12N2O5S2/c1-5-7(16-8(12)10-5)17(13,14)9-4-3-6(11)15-2/h9H,3-4H2,1-2H3,(H,10,12). The molecule has 1 aromatic rings. The summed E-state index contributed by atoms with van der Waals surface area (Å²) in [5, 5.41) is 0. The van der Waals surface area contributed by atoms with Crippen molar-refractivity contribution >= 4 is 27.3 Å². The maximum absolute atomic E-state index is 11.7. The summed E-state index contributed by atoms with van der Waals surface area (Å²) in [6.45, 7) is 1.42. The molecule has 0 saturated heterocycles. The van der Waals surface area contributed by atoms with E-state index in [0.29, 0.717) is 11.3 Å². The number of carbonyl (C=O) groups is 1. The van der Waals surface area contributed by atoms with Crippen molar-refractivity contribution in [1.82, 2.24) is 9.71 Å². The summed E-state index contributed by atoms with van der Waals surface area (Å²) in [6.07, 6.45) is -0.0614. The Hall–Kier alpha value is -1.19. The third-order valence-corrected chi connectivity index (χ3v) is 4.94. The van der Waals surface area contributed by atoms with Gasteiger partial charge in [-0.1, -0.05) is 11.3 Å². The van der Waals surface area contributed by atoms with E-state index in [1.54, 1.807) is 0 Å². The smallest absolute Gasteiger partial charge is 0.306 e. The summed E-state index contributed by atoms with van der Waals surface area (Å²) in [7, 11) is -2.52. The molecule has 9 heteroatoms. The zero-order valence-electron chi connectivity index (χ0n) is 9.27. The number of thiazole rings is 1. The zero-order valence-corrected chi connectivity index (χ0v) is 10.9. The van der Waals surface area contributed by atoms with E-state index >= 15 is 0 Å². The van der Waals surface area contributed by atoms with Crippen molar-refractivity contribution in [3.05, 3.63) is 15.4 Å². The molecule has 1 heterocycles. The number of sulfonamides is 1. The van der Waals surface area contributed by atoms with Crippen LogP contribution in [0.5, 0.6) is 0 Å². The van der Waals surface area contributed by atoms with Gasteiger partial charge in [-0.15, -0.1) is 0 Å². The van der Waals surface area contributed by atoms with E-state index in [1.165, 1.54) is 14.0 Å². The summed E-state index contributed by atoms with van der Waals surface area (Å²) in [4.78, 5) is 23.7. The molecule has 0 amide bonds. The molecule has 0 spiro atoms. The molecule has 96 valence electrons. The first-order valence-corrected chi connectivity index (χ1v) is 6.93. The highest BCUT2D eigenvalue weighted by molar-refractivity contribution is 7.91. The number of nitrogens with one attached hydrogen (secondary N) is 2. The topological polar surface area (TPSA) is 105 Å². The fraction of sp³-hybridized carbons (Fsp3) is 0.500. The minimum absolute atomic E-state index is 0.0614. The molecule has 2 N–H and O–H groups in total. The molecule has 0 radical (unpaired) electrons. The van der Waals surface area contributed by atoms with Gasteiger partial charge in [-0.2, -0.15) is 0 Å². The van der Waals surface area contributed by atoms with Crippen LogP contribution in [0, 0.1) is 6.92 Å². The van der Waals surface area contributed by atoms with Gasteiger partial charge in [0.1, 0.15) is 0 Å². The van der Waals surface area contributed by atoms with Crippen molar-refractivity contribution in [2.45, 2.75) is 17.6 Å². The SMILES string of the molecule is COC(=O)CCNS(=O)(=O)c1sc(=O)[nH]c1C. The van der Waals surface area contributed by atoms with Gasteiger partial charge < -0.3 is 9.72 Å². The maximum atomic E-state index is 11.7. The van der Waals surface area contributed by atoms with Crippen LogP contribution in [0.3, 0.4) is 0 Å². The van der Waals surface area contributed by atoms with E-state index in [2.05, 4.69) is 14.4 Å². The molecule has 0 saturated carbocycles. The second-order valence-electron chi connectivity index (χ2n) is 3.15. The van der Waals surface area contributed by atoms with Crippen molar-refractivity contribution in [3.8, 4) is 0 Å². The van der Waals surface area contributed by atoms with Crippen molar-refractivity contribution in [2.75, 3.05) is 13.7 Å². The summed E-state index contributed by atoms with van der Waals surface area (Å²) in [5.74, 6) is -0.508. The van der Waals surface area contributed by atoms with Gasteiger partial charge in [-0.05, 0) is 6.92 Å². The predicted octanol–water partition coefficient (Wildman–Crippen LogP) is -0.414. The Bertz CT molecular complexity index is 557. The molecule has 1 aromatic heterocycles. The van der Waals surface area contributed by atoms with Crippen LogP contribution in [-0.2, 0) is 19.6 Å². The Morgan fingerprint density at radius 1 is 1.53 bits per heavy atom. The highest BCUT2D eigenvalue weighted by Gasteiger charge is 2.20. The molecule has 0 unspecified atom stereocenters. The largest absolute Gasteiger partial charge is 0.469 e. The first-order chi connectivity index (χ1) is 7.86. The van der Waals surface area contributed by atoms with Crippen LogP contribution in [0.25, 0.3) is 0 Å². The third-order valence-electron chi connectivity index (χ3n) is 1.87. The Morgan fingerprint density at radius 3 is 2.65 bits per heavy atom. The normalized spacial score (nSPS) is 11.4. The van der Waals surface area contributed by atoms with Gasteiger partial charge in [0.2, 0.25) is 0 Å². The van der Waals surface area contributed by atoms with Crippen molar-refractivity contribution in [1.29, 1.82) is 0 Å². The van der Waals surface area contributed by atoms with E-state index in [9.17, 15) is 18.0 Å². The maximum Gasteiger partial charge on any atom is 0.306 e. The van der Waals surface area contributed by atoms with E-state index in [1.807, 2.05) is 0 Å². The number of aryl methyl sites for hydroxylation is 1. The van der Waals surface area contributed by atoms with E-state index in [0.717, 1.165) is 0 Å². The van der Waals surface area contributed by atoms with Gasteiger partial charge in [0.25, 0.3) is 10.0 Å². The second-order valence-corrected chi connectivity index (χ2v) is 6.10. The molecule has 0 aromatic carbocycles. The molecule has 0 aliphatic carbocycles. The first kappa shape index (κ1) is 13.9. The highest BCUT2D eigenvalue weighted by atomic mass is 32.2. The predicted molar refractivity (Wildman–Crippen MR) is 61.5 cm³/mol. The van der Waals surface area contributed by atoms with Gasteiger partial charge in [-0.25, -0.2) is 13.1 Å². The lowest BCUT2D eigenvalue weighted by molar-refractivity contribution is -0.140. The van der Waals surface area contributed by atoms with Crippen LogP contribution in [-0.4, -0.2) is 33.0 Å². The van der Waals surface area contributed by atoms with Crippen LogP contribution >= 0.6 is 11.3 Å². The molecule has 0 atom stereocenters. The number of aromatic nitrogens is 1. The number of methoxy groups -OCH3 is 1. The number of hydrogen-bond donors (Lipinski definition) is 2. The Kier molecular flexibility index (Phi) is 4.43. The zero-order chi connectivity index (χ0) is 13.1. The minimum Gasteiger partial charge on any atom is -0.469 e. The lowest BCUT2D eigenvalue weighted by Gasteiger charge is -2.04. The van der Waals surface area contributed by atoms with Gasteiger partial charge in [0.05, 0.1) is 13.5 Å². The fourth-order valence-electron chi connectivity index (χ4n) is 1.10. The lowest BCUT2D eigenvalue weighted by Crippen LogP contribution is -2.26. The third kappa shape index (κ3) is 3.65. The quantitative estimate of drug-likeness (QED) is 0.713. The Balaban J connectivity index is 2.73. The van der Waals surface area contributed by atoms with E-state index in [4.69, 9.17) is 0 Å². The first-order valence-electron chi connectivity index (χ1n) is 4.63. The number of H-pyrrole nitrogens is 1. The van der Waals surface area contributed by atoms with Crippen LogP contribution in [0.2, 0.25) is 0 Å². The minimum atomic E-state index is -3.74. The van der Waals surface area contributed by atoms with Crippen LogP contribution in [0.15, 0.2) is 9.00 Å². The Morgan fingerprint density at radius 2 is 2.18 bits per heavy atom. The number of rotatable bonds is 5. The summed E-state index contributed by atoms with van der Waals surface area (Å²) >= 11 is 0.608. The molecule has 0 bridgehead atoms. The molecule has 17 heavy (non-hydrogen) atoms. The Labute approximate surface area is 102 Å². The van der Waals surface area contributed by atoms with Gasteiger partial charge in [0, 0.05) is 12.2 Å². The van der Waals surface area contributed by atoms with Crippen molar-refractivity contribution < 1.29 is 17.9 Å². The average molecular weight is 280 g/mol. The van der Waals surface area contributed by atoms with Gasteiger partial charge >= 0.3 is 10.8 Å². The average Bonchev–Trinajstić information content (AvgIpc) is 2.58. The van der Waals surface area contributed by atoms with E-state index < -0.39 is 20.9 Å². The fourth-order valence-corrected chi connectivity index (χ4v) is 3.48. The van der Waals surface area contributed by atoms with Gasteiger partial charge in [-0.3, -0.25) is 9.59 Å². The van der Waals surface area contributed by atoms with Crippen LogP contribution in [0.1, 0.15) is 12.1 Å². The number of ether oxygens (including phenoxy) is 1. The molecule has 0 fully saturated rings. The molecular formula is C8H12N2O5S2. The van der Waals surface area contributed by atoms with E-state index in [-0.39, 0.29) is 22.9 Å². The summed E-state index contributed by atoms with van der Waals surface area (Å²) < 4.78 is 30.0. The van der Waals surface area contributed by atoms with Crippen molar-refractivity contribution in [3.63, 3.8) is 0 Å². The second kappa shape index (κ2) is 5.43. The van der Waals surface area contributed by atoms with Crippen LogP contribution < -0.4 is 9.60 Å². The molecule has 0 aliphatic rings. The number of esters is 1. The van der Waals surface area contributed by atoms with Gasteiger partial charge in [0.15, 0.2) is 4.21 Å². The molecule has 0 aliphatic heterocycles. The van der Waals surface area contributed by atoms with Crippen LogP contribution in [0.4, 0.5) is 0 Å². The monoisotopic (exact) mass is 280 g/mol. The number of carbonyl (C=O) groups excluding carboxylic acids is 1. The molecule has 7 nitrogen and oxygen atoms in total.